The standard InChI is InChI=1S/C12H12F3N3O/c1-2-18-11(19-12(13,14)15)9(10(16)17-18)8-6-4-3-5-7-8/h3-7H,2H2,1H3,(H2,16,17). The zero-order chi connectivity index (χ0) is 14.0. The fourth-order valence-electron chi connectivity index (χ4n) is 1.77. The molecule has 0 bridgehead atoms. The third-order valence-electron chi connectivity index (χ3n) is 2.51. The number of nitrogens with zero attached hydrogens (tertiary/aromatic N) is 2. The maximum Gasteiger partial charge on any atom is 0.574 e. The number of hydrogen-bond acceptors (Lipinski definition) is 3. The van der Waals surface area contributed by atoms with Gasteiger partial charge in [0.05, 0.1) is 5.56 Å². The lowest BCUT2D eigenvalue weighted by molar-refractivity contribution is -0.277. The first kappa shape index (κ1) is 13.3. The van der Waals surface area contributed by atoms with Gasteiger partial charge in [0.2, 0.25) is 5.88 Å². The molecule has 0 saturated carbocycles. The van der Waals surface area contributed by atoms with Gasteiger partial charge in [-0.05, 0) is 12.5 Å². The zero-order valence-electron chi connectivity index (χ0n) is 10.1. The summed E-state index contributed by atoms with van der Waals surface area (Å²) in [6.45, 7) is 1.88. The number of rotatable bonds is 3. The van der Waals surface area contributed by atoms with E-state index in [4.69, 9.17) is 5.73 Å². The Bertz CT molecular complexity index is 564. The van der Waals surface area contributed by atoms with E-state index in [9.17, 15) is 13.2 Å². The fraction of sp³-hybridized carbons (Fsp3) is 0.250. The Kier molecular flexibility index (Phi) is 3.37. The van der Waals surface area contributed by atoms with Crippen molar-refractivity contribution in [3.05, 3.63) is 30.3 Å². The normalized spacial score (nSPS) is 11.6. The van der Waals surface area contributed by atoms with Gasteiger partial charge >= 0.3 is 6.36 Å². The quantitative estimate of drug-likeness (QED) is 0.933. The highest BCUT2D eigenvalue weighted by Crippen LogP contribution is 2.37. The highest BCUT2D eigenvalue weighted by molar-refractivity contribution is 5.78. The molecule has 0 atom stereocenters. The molecule has 2 rings (SSSR count). The molecule has 0 spiro atoms. The molecular formula is C12H12F3N3O. The van der Waals surface area contributed by atoms with E-state index in [1.807, 2.05) is 0 Å². The highest BCUT2D eigenvalue weighted by Gasteiger charge is 2.35. The molecule has 1 aromatic carbocycles. The van der Waals surface area contributed by atoms with Crippen LogP contribution in [0.1, 0.15) is 6.92 Å². The molecule has 2 aromatic rings. The molecule has 7 heteroatoms. The largest absolute Gasteiger partial charge is 0.574 e. The van der Waals surface area contributed by atoms with Crippen LogP contribution in [0.5, 0.6) is 5.88 Å². The summed E-state index contributed by atoms with van der Waals surface area (Å²) in [4.78, 5) is 0. The monoisotopic (exact) mass is 271 g/mol. The minimum absolute atomic E-state index is 0.00676. The van der Waals surface area contributed by atoms with Crippen LogP contribution in [0.3, 0.4) is 0 Å². The van der Waals surface area contributed by atoms with Crippen LogP contribution in [-0.4, -0.2) is 16.1 Å². The van der Waals surface area contributed by atoms with Gasteiger partial charge in [-0.3, -0.25) is 0 Å². The van der Waals surface area contributed by atoms with E-state index in [0.717, 1.165) is 4.68 Å². The second-order valence-corrected chi connectivity index (χ2v) is 3.79. The van der Waals surface area contributed by atoms with Gasteiger partial charge in [-0.15, -0.1) is 13.2 Å². The highest BCUT2D eigenvalue weighted by atomic mass is 19.4. The number of nitrogen functional groups attached to an aromatic ring is 1. The molecule has 0 unspecified atom stereocenters. The summed E-state index contributed by atoms with van der Waals surface area (Å²) in [5, 5.41) is 3.86. The molecule has 1 aromatic heterocycles. The second-order valence-electron chi connectivity index (χ2n) is 3.79. The van der Waals surface area contributed by atoms with Gasteiger partial charge in [-0.2, -0.15) is 5.10 Å². The third kappa shape index (κ3) is 2.81. The molecule has 4 nitrogen and oxygen atoms in total. The van der Waals surface area contributed by atoms with Crippen molar-refractivity contribution >= 4 is 5.82 Å². The molecule has 19 heavy (non-hydrogen) atoms. The van der Waals surface area contributed by atoms with E-state index < -0.39 is 12.2 Å². The lowest BCUT2D eigenvalue weighted by atomic mass is 10.1. The minimum Gasteiger partial charge on any atom is -0.387 e. The van der Waals surface area contributed by atoms with Crippen molar-refractivity contribution in [2.75, 3.05) is 5.73 Å². The number of nitrogens with two attached hydrogens (primary N) is 1. The number of anilines is 1. The maximum atomic E-state index is 12.5. The summed E-state index contributed by atoms with van der Waals surface area (Å²) >= 11 is 0. The van der Waals surface area contributed by atoms with Crippen LogP contribution in [0.2, 0.25) is 0 Å². The Hall–Kier alpha value is -2.18. The van der Waals surface area contributed by atoms with Crippen molar-refractivity contribution in [3.8, 4) is 17.0 Å². The first-order chi connectivity index (χ1) is 8.92. The van der Waals surface area contributed by atoms with Gasteiger partial charge in [0.15, 0.2) is 5.82 Å². The van der Waals surface area contributed by atoms with Gasteiger partial charge in [0.25, 0.3) is 0 Å². The molecule has 102 valence electrons. The van der Waals surface area contributed by atoms with Crippen molar-refractivity contribution in [2.24, 2.45) is 0 Å². The van der Waals surface area contributed by atoms with Crippen LogP contribution in [0.15, 0.2) is 30.3 Å². The van der Waals surface area contributed by atoms with Crippen molar-refractivity contribution in [3.63, 3.8) is 0 Å². The van der Waals surface area contributed by atoms with Crippen LogP contribution >= 0.6 is 0 Å². The Morgan fingerprint density at radius 3 is 2.42 bits per heavy atom. The van der Waals surface area contributed by atoms with Gasteiger partial charge in [0.1, 0.15) is 0 Å². The minimum atomic E-state index is -4.79. The van der Waals surface area contributed by atoms with Crippen LogP contribution in [-0.2, 0) is 6.54 Å². The van der Waals surface area contributed by atoms with Crippen molar-refractivity contribution in [1.29, 1.82) is 0 Å². The Labute approximate surface area is 107 Å². The Balaban J connectivity index is 2.56. The molecule has 0 fully saturated rings. The Morgan fingerprint density at radius 2 is 1.89 bits per heavy atom. The molecule has 0 amide bonds. The lowest BCUT2D eigenvalue weighted by Crippen LogP contribution is -2.20. The number of aryl methyl sites for hydroxylation is 1. The topological polar surface area (TPSA) is 53.1 Å². The summed E-state index contributed by atoms with van der Waals surface area (Å²) < 4.78 is 42.5. The predicted molar refractivity (Wildman–Crippen MR) is 64.4 cm³/mol. The number of alkyl halides is 3. The molecule has 0 aliphatic heterocycles. The summed E-state index contributed by atoms with van der Waals surface area (Å²) in [5.74, 6) is -0.383. The zero-order valence-corrected chi connectivity index (χ0v) is 10.1. The van der Waals surface area contributed by atoms with Crippen molar-refractivity contribution in [1.82, 2.24) is 9.78 Å². The second kappa shape index (κ2) is 4.83. The smallest absolute Gasteiger partial charge is 0.387 e. The Morgan fingerprint density at radius 1 is 1.26 bits per heavy atom. The molecule has 0 aliphatic carbocycles. The molecule has 0 radical (unpaired) electrons. The summed E-state index contributed by atoms with van der Waals surface area (Å²) in [7, 11) is 0. The number of halogens is 3. The number of hydrogen-bond donors (Lipinski definition) is 1. The SMILES string of the molecule is CCn1nc(N)c(-c2ccccc2)c1OC(F)(F)F. The first-order valence-corrected chi connectivity index (χ1v) is 5.60. The van der Waals surface area contributed by atoms with E-state index in [-0.39, 0.29) is 17.9 Å². The average molecular weight is 271 g/mol. The van der Waals surface area contributed by atoms with Gasteiger partial charge in [0, 0.05) is 6.54 Å². The fourth-order valence-corrected chi connectivity index (χ4v) is 1.77. The molecular weight excluding hydrogens is 259 g/mol. The number of benzene rings is 1. The molecule has 0 saturated heterocycles. The first-order valence-electron chi connectivity index (χ1n) is 5.60. The van der Waals surface area contributed by atoms with Gasteiger partial charge in [-0.25, -0.2) is 4.68 Å². The molecule has 1 heterocycles. The van der Waals surface area contributed by atoms with Gasteiger partial charge in [-0.1, -0.05) is 30.3 Å². The molecule has 2 N–H and O–H groups in total. The van der Waals surface area contributed by atoms with E-state index in [1.165, 1.54) is 0 Å². The van der Waals surface area contributed by atoms with Crippen LogP contribution < -0.4 is 10.5 Å². The predicted octanol–water partition coefficient (Wildman–Crippen LogP) is 3.05. The van der Waals surface area contributed by atoms with Crippen LogP contribution in [0.4, 0.5) is 19.0 Å². The number of aromatic nitrogens is 2. The van der Waals surface area contributed by atoms with E-state index >= 15 is 0 Å². The number of ether oxygens (including phenoxy) is 1. The lowest BCUT2D eigenvalue weighted by Gasteiger charge is -2.12. The summed E-state index contributed by atoms with van der Waals surface area (Å²) in [6, 6.07) is 8.46. The van der Waals surface area contributed by atoms with Crippen LogP contribution in [0.25, 0.3) is 11.1 Å². The van der Waals surface area contributed by atoms with E-state index in [2.05, 4.69) is 9.84 Å². The van der Waals surface area contributed by atoms with E-state index in [1.54, 1.807) is 37.3 Å². The maximum absolute atomic E-state index is 12.5. The van der Waals surface area contributed by atoms with Gasteiger partial charge < -0.3 is 10.5 Å². The third-order valence-corrected chi connectivity index (χ3v) is 2.51. The molecule has 0 aliphatic rings. The van der Waals surface area contributed by atoms with Crippen molar-refractivity contribution < 1.29 is 17.9 Å². The van der Waals surface area contributed by atoms with Crippen LogP contribution in [0, 0.1) is 0 Å². The summed E-state index contributed by atoms with van der Waals surface area (Å²) in [5.41, 5.74) is 6.37. The van der Waals surface area contributed by atoms with E-state index in [0.29, 0.717) is 5.56 Å². The summed E-state index contributed by atoms with van der Waals surface area (Å²) in [6.07, 6.45) is -4.79. The van der Waals surface area contributed by atoms with Crippen molar-refractivity contribution in [2.45, 2.75) is 19.8 Å². The average Bonchev–Trinajstić information content (AvgIpc) is 2.64.